The number of rotatable bonds is 4. The summed E-state index contributed by atoms with van der Waals surface area (Å²) in [6.45, 7) is 5.52. The molecule has 0 spiro atoms. The Morgan fingerprint density at radius 1 is 1.45 bits per heavy atom. The van der Waals surface area contributed by atoms with E-state index >= 15 is 0 Å². The van der Waals surface area contributed by atoms with Gasteiger partial charge in [0.25, 0.3) is 0 Å². The predicted octanol–water partition coefficient (Wildman–Crippen LogP) is 1.22. The molecule has 0 fully saturated rings. The van der Waals surface area contributed by atoms with Gasteiger partial charge in [0.05, 0.1) is 12.2 Å². The fraction of sp³-hybridized carbons (Fsp3) is 1.00. The molecule has 0 bridgehead atoms. The SMILES string of the molecule is CC[C@@](C)(S)[C@@H](O)C[C@H](C)O. The van der Waals surface area contributed by atoms with Gasteiger partial charge in [-0.25, -0.2) is 0 Å². The van der Waals surface area contributed by atoms with Crippen molar-refractivity contribution in [1.82, 2.24) is 0 Å². The number of hydrogen-bond acceptors (Lipinski definition) is 3. The third kappa shape index (κ3) is 3.99. The molecule has 2 N–H and O–H groups in total. The van der Waals surface area contributed by atoms with Gasteiger partial charge < -0.3 is 10.2 Å². The van der Waals surface area contributed by atoms with Crippen LogP contribution in [0.3, 0.4) is 0 Å². The van der Waals surface area contributed by atoms with Crippen molar-refractivity contribution in [2.75, 3.05) is 0 Å². The first kappa shape index (κ1) is 11.3. The summed E-state index contributed by atoms with van der Waals surface area (Å²) in [5.41, 5.74) is 0. The van der Waals surface area contributed by atoms with Gasteiger partial charge in [0, 0.05) is 11.2 Å². The van der Waals surface area contributed by atoms with Gasteiger partial charge in [-0.15, -0.1) is 0 Å². The van der Waals surface area contributed by atoms with Crippen LogP contribution < -0.4 is 0 Å². The van der Waals surface area contributed by atoms with E-state index in [1.54, 1.807) is 6.92 Å². The molecule has 0 unspecified atom stereocenters. The highest BCUT2D eigenvalue weighted by Gasteiger charge is 2.27. The molecule has 0 aliphatic rings. The zero-order valence-corrected chi connectivity index (χ0v) is 8.30. The van der Waals surface area contributed by atoms with Crippen LogP contribution in [0.4, 0.5) is 0 Å². The molecule has 0 amide bonds. The van der Waals surface area contributed by atoms with Crippen LogP contribution in [0.25, 0.3) is 0 Å². The minimum atomic E-state index is -0.532. The maximum Gasteiger partial charge on any atom is 0.0706 e. The van der Waals surface area contributed by atoms with Crippen molar-refractivity contribution in [2.24, 2.45) is 0 Å². The zero-order chi connectivity index (χ0) is 9.07. The minimum Gasteiger partial charge on any atom is -0.393 e. The van der Waals surface area contributed by atoms with Crippen LogP contribution in [0.1, 0.15) is 33.6 Å². The predicted molar refractivity (Wildman–Crippen MR) is 50.0 cm³/mol. The van der Waals surface area contributed by atoms with Crippen LogP contribution in [-0.2, 0) is 0 Å². The first-order valence-electron chi connectivity index (χ1n) is 3.98. The number of hydrogen-bond donors (Lipinski definition) is 3. The van der Waals surface area contributed by atoms with Gasteiger partial charge in [0.1, 0.15) is 0 Å². The van der Waals surface area contributed by atoms with E-state index < -0.39 is 12.2 Å². The monoisotopic (exact) mass is 178 g/mol. The van der Waals surface area contributed by atoms with Crippen molar-refractivity contribution in [3.8, 4) is 0 Å². The lowest BCUT2D eigenvalue weighted by atomic mass is 9.96. The Morgan fingerprint density at radius 3 is 2.18 bits per heavy atom. The summed E-state index contributed by atoms with van der Waals surface area (Å²) in [4.78, 5) is 0. The molecule has 0 saturated carbocycles. The molecule has 3 atom stereocenters. The largest absolute Gasteiger partial charge is 0.393 e. The van der Waals surface area contributed by atoms with Gasteiger partial charge >= 0.3 is 0 Å². The molecular formula is C8H18O2S. The number of aliphatic hydroxyl groups excluding tert-OH is 2. The molecule has 11 heavy (non-hydrogen) atoms. The van der Waals surface area contributed by atoms with Crippen LogP contribution in [0, 0.1) is 0 Å². The van der Waals surface area contributed by atoms with Gasteiger partial charge in [0.15, 0.2) is 0 Å². The molecule has 0 rings (SSSR count). The van der Waals surface area contributed by atoms with Crippen molar-refractivity contribution >= 4 is 12.6 Å². The van der Waals surface area contributed by atoms with Crippen molar-refractivity contribution in [2.45, 2.75) is 50.6 Å². The second kappa shape index (κ2) is 4.33. The normalized spacial score (nSPS) is 22.4. The molecule has 0 aromatic carbocycles. The van der Waals surface area contributed by atoms with Crippen LogP contribution in [-0.4, -0.2) is 27.2 Å². The minimum absolute atomic E-state index is 0.378. The van der Waals surface area contributed by atoms with E-state index in [2.05, 4.69) is 12.6 Å². The molecule has 0 radical (unpaired) electrons. The van der Waals surface area contributed by atoms with Gasteiger partial charge in [0.2, 0.25) is 0 Å². The maximum atomic E-state index is 9.51. The van der Waals surface area contributed by atoms with Crippen molar-refractivity contribution in [3.63, 3.8) is 0 Å². The van der Waals surface area contributed by atoms with E-state index in [0.717, 1.165) is 6.42 Å². The Kier molecular flexibility index (Phi) is 4.44. The van der Waals surface area contributed by atoms with Crippen molar-refractivity contribution in [1.29, 1.82) is 0 Å². The summed E-state index contributed by atoms with van der Waals surface area (Å²) >= 11 is 4.30. The topological polar surface area (TPSA) is 40.5 Å². The van der Waals surface area contributed by atoms with Crippen LogP contribution >= 0.6 is 12.6 Å². The highest BCUT2D eigenvalue weighted by Crippen LogP contribution is 2.25. The maximum absolute atomic E-state index is 9.51. The highest BCUT2D eigenvalue weighted by atomic mass is 32.1. The van der Waals surface area contributed by atoms with E-state index in [4.69, 9.17) is 5.11 Å². The molecular weight excluding hydrogens is 160 g/mol. The summed E-state index contributed by atoms with van der Waals surface area (Å²) in [5.74, 6) is 0. The lowest BCUT2D eigenvalue weighted by Gasteiger charge is -2.28. The summed E-state index contributed by atoms with van der Waals surface area (Å²) in [6, 6.07) is 0. The molecule has 68 valence electrons. The molecule has 0 saturated heterocycles. The zero-order valence-electron chi connectivity index (χ0n) is 7.41. The van der Waals surface area contributed by atoms with Gasteiger partial charge in [-0.3, -0.25) is 0 Å². The average molecular weight is 178 g/mol. The van der Waals surface area contributed by atoms with Crippen LogP contribution in [0.5, 0.6) is 0 Å². The lowest BCUT2D eigenvalue weighted by Crippen LogP contribution is -2.35. The Hall–Kier alpha value is 0.270. The molecule has 0 aromatic rings. The molecule has 0 aromatic heterocycles. The summed E-state index contributed by atoms with van der Waals surface area (Å²) < 4.78 is -0.378. The Morgan fingerprint density at radius 2 is 1.91 bits per heavy atom. The molecule has 3 heteroatoms. The average Bonchev–Trinajstić information content (AvgIpc) is 1.86. The fourth-order valence-electron chi connectivity index (χ4n) is 0.813. The third-order valence-corrected chi connectivity index (χ3v) is 2.61. The van der Waals surface area contributed by atoms with E-state index in [1.807, 2.05) is 13.8 Å². The molecule has 2 nitrogen and oxygen atoms in total. The summed E-state index contributed by atoms with van der Waals surface area (Å²) in [6.07, 6.45) is 0.205. The van der Waals surface area contributed by atoms with E-state index in [0.29, 0.717) is 6.42 Å². The quantitative estimate of drug-likeness (QED) is 0.566. The van der Waals surface area contributed by atoms with Gasteiger partial charge in [-0.1, -0.05) is 6.92 Å². The molecule has 0 aliphatic carbocycles. The first-order chi connectivity index (χ1) is 4.90. The van der Waals surface area contributed by atoms with Crippen LogP contribution in [0.2, 0.25) is 0 Å². The Labute approximate surface area is 74.0 Å². The standard InChI is InChI=1S/C8H18O2S/c1-4-8(3,11)7(10)5-6(2)9/h6-7,9-11H,4-5H2,1-3H3/t6-,7-,8+/m0/s1. The molecule has 0 heterocycles. The fourth-order valence-corrected chi connectivity index (χ4v) is 0.918. The first-order valence-corrected chi connectivity index (χ1v) is 4.43. The molecule has 0 aliphatic heterocycles. The second-order valence-electron chi connectivity index (χ2n) is 3.31. The van der Waals surface area contributed by atoms with Crippen LogP contribution in [0.15, 0.2) is 0 Å². The smallest absolute Gasteiger partial charge is 0.0706 e. The number of thiol groups is 1. The van der Waals surface area contributed by atoms with Gasteiger partial charge in [-0.2, -0.15) is 12.6 Å². The van der Waals surface area contributed by atoms with E-state index in [9.17, 15) is 5.11 Å². The Bertz CT molecular complexity index is 113. The van der Waals surface area contributed by atoms with Crippen molar-refractivity contribution in [3.05, 3.63) is 0 Å². The lowest BCUT2D eigenvalue weighted by molar-refractivity contribution is 0.0672. The highest BCUT2D eigenvalue weighted by molar-refractivity contribution is 7.81. The Balaban J connectivity index is 3.90. The third-order valence-electron chi connectivity index (χ3n) is 2.00. The van der Waals surface area contributed by atoms with Gasteiger partial charge in [-0.05, 0) is 20.3 Å². The van der Waals surface area contributed by atoms with E-state index in [-0.39, 0.29) is 4.75 Å². The summed E-state index contributed by atoms with van der Waals surface area (Å²) in [5, 5.41) is 18.5. The van der Waals surface area contributed by atoms with E-state index in [1.165, 1.54) is 0 Å². The number of aliphatic hydroxyl groups is 2. The van der Waals surface area contributed by atoms with Crippen molar-refractivity contribution < 1.29 is 10.2 Å². The second-order valence-corrected chi connectivity index (χ2v) is 4.33. The summed E-state index contributed by atoms with van der Waals surface area (Å²) in [7, 11) is 0.